The monoisotopic (exact) mass is 475 g/mol. The predicted molar refractivity (Wildman–Crippen MR) is 117 cm³/mol. The Labute approximate surface area is 196 Å². The molecule has 1 aromatic rings. The Hall–Kier alpha value is -2.47. The summed E-state index contributed by atoms with van der Waals surface area (Å²) in [5.74, 6) is 0.594. The minimum absolute atomic E-state index is 0.0392. The van der Waals surface area contributed by atoms with Gasteiger partial charge in [0.1, 0.15) is 24.4 Å². The van der Waals surface area contributed by atoms with E-state index in [0.29, 0.717) is 25.1 Å². The van der Waals surface area contributed by atoms with Crippen LogP contribution in [-0.2, 0) is 26.2 Å². The normalized spacial score (nSPS) is 36.5. The van der Waals surface area contributed by atoms with Crippen molar-refractivity contribution in [1.82, 2.24) is 4.90 Å². The molecular formula is C24H29NO9. The van der Waals surface area contributed by atoms with Gasteiger partial charge in [-0.2, -0.15) is 0 Å². The van der Waals surface area contributed by atoms with Gasteiger partial charge in [0.15, 0.2) is 11.5 Å². The molecule has 184 valence electrons. The minimum Gasteiger partial charge on any atom is -0.493 e. The van der Waals surface area contributed by atoms with Crippen molar-refractivity contribution in [2.75, 3.05) is 27.4 Å². The van der Waals surface area contributed by atoms with E-state index in [1.165, 1.54) is 7.11 Å². The third-order valence-electron chi connectivity index (χ3n) is 7.30. The first-order valence-corrected chi connectivity index (χ1v) is 11.3. The highest BCUT2D eigenvalue weighted by Crippen LogP contribution is 2.53. The lowest BCUT2D eigenvalue weighted by atomic mass is 9.71. The molecule has 0 saturated carbocycles. The Kier molecular flexibility index (Phi) is 5.91. The lowest BCUT2D eigenvalue weighted by molar-refractivity contribution is -0.277. The van der Waals surface area contributed by atoms with Gasteiger partial charge in [0.25, 0.3) is 0 Å². The first-order valence-electron chi connectivity index (χ1n) is 11.3. The molecule has 3 heterocycles. The number of benzene rings is 1. The van der Waals surface area contributed by atoms with Crippen LogP contribution in [0.3, 0.4) is 0 Å². The Balaban J connectivity index is 1.53. The van der Waals surface area contributed by atoms with Crippen molar-refractivity contribution in [2.45, 2.75) is 55.2 Å². The largest absolute Gasteiger partial charge is 0.493 e. The van der Waals surface area contributed by atoms with Gasteiger partial charge in [-0.3, -0.25) is 4.79 Å². The van der Waals surface area contributed by atoms with Crippen LogP contribution in [0, 0.1) is 0 Å². The van der Waals surface area contributed by atoms with Gasteiger partial charge in [-0.25, -0.2) is 0 Å². The van der Waals surface area contributed by atoms with Gasteiger partial charge in [0.05, 0.1) is 25.4 Å². The highest BCUT2D eigenvalue weighted by molar-refractivity contribution is 5.95. The molecule has 5 rings (SSSR count). The van der Waals surface area contributed by atoms with E-state index in [0.717, 1.165) is 16.7 Å². The Morgan fingerprint density at radius 1 is 1.15 bits per heavy atom. The lowest BCUT2D eigenvalue weighted by Crippen LogP contribution is -2.60. The molecule has 10 heteroatoms. The smallest absolute Gasteiger partial charge is 0.247 e. The minimum atomic E-state index is -1.55. The SMILES string of the molecule is COc1cc2c(cc1O[C@@H]1O[C@H](CO)[C@@H](O)[C@H](O)[C@H]1O)CCN1C(=O)C=C3C=C[C@H](OC)C[C@@]321. The average molecular weight is 475 g/mol. The molecule has 1 amide bonds. The molecule has 0 radical (unpaired) electrons. The lowest BCUT2D eigenvalue weighted by Gasteiger charge is -2.48. The number of carbonyl (C=O) groups excluding carboxylic acids is 1. The second-order valence-electron chi connectivity index (χ2n) is 9.01. The maximum atomic E-state index is 12.8. The van der Waals surface area contributed by atoms with E-state index in [4.69, 9.17) is 18.9 Å². The number of aliphatic hydroxyl groups excluding tert-OH is 4. The van der Waals surface area contributed by atoms with Crippen LogP contribution in [0.5, 0.6) is 11.5 Å². The van der Waals surface area contributed by atoms with Crippen LogP contribution >= 0.6 is 0 Å². The average Bonchev–Trinajstić information content (AvgIpc) is 3.15. The second-order valence-corrected chi connectivity index (χ2v) is 9.01. The van der Waals surface area contributed by atoms with Crippen molar-refractivity contribution >= 4 is 5.91 Å². The van der Waals surface area contributed by atoms with Crippen molar-refractivity contribution in [3.05, 3.63) is 47.1 Å². The summed E-state index contributed by atoms with van der Waals surface area (Å²) in [5.41, 5.74) is 2.09. The Bertz CT molecular complexity index is 1040. The standard InChI is InChI=1S/C24H29NO9/c1-31-14-4-3-13-8-19(27)25-6-5-12-7-17(16(32-2)9-15(12)24(13,25)10-14)33-23-22(30)21(29)20(28)18(11-26)34-23/h3-4,7-9,14,18,20-23,26,28-30H,5-6,10-11H2,1-2H3/t14-,18+,20+,21-,22+,23+,24+/m0/s1. The molecule has 0 unspecified atom stereocenters. The van der Waals surface area contributed by atoms with Crippen LogP contribution in [0.25, 0.3) is 0 Å². The van der Waals surface area contributed by atoms with E-state index >= 15 is 0 Å². The molecule has 3 aliphatic heterocycles. The number of carbonyl (C=O) groups is 1. The zero-order valence-corrected chi connectivity index (χ0v) is 19.0. The van der Waals surface area contributed by atoms with Crippen molar-refractivity contribution < 1.29 is 44.2 Å². The quantitative estimate of drug-likeness (QED) is 0.438. The van der Waals surface area contributed by atoms with E-state index in [2.05, 4.69) is 0 Å². The summed E-state index contributed by atoms with van der Waals surface area (Å²) in [6.45, 7) is -0.0380. The topological polar surface area (TPSA) is 138 Å². The molecule has 4 aliphatic rings. The van der Waals surface area contributed by atoms with Crippen LogP contribution in [-0.4, -0.2) is 95.4 Å². The van der Waals surface area contributed by atoms with Crippen LogP contribution in [0.1, 0.15) is 17.5 Å². The summed E-state index contributed by atoms with van der Waals surface area (Å²) in [7, 11) is 3.12. The van der Waals surface area contributed by atoms with Gasteiger partial charge in [-0.15, -0.1) is 0 Å². The summed E-state index contributed by atoms with van der Waals surface area (Å²) in [5, 5.41) is 40.0. The Morgan fingerprint density at radius 2 is 1.94 bits per heavy atom. The van der Waals surface area contributed by atoms with E-state index in [-0.39, 0.29) is 17.8 Å². The predicted octanol–water partition coefficient (Wildman–Crippen LogP) is -0.631. The van der Waals surface area contributed by atoms with E-state index in [9.17, 15) is 25.2 Å². The van der Waals surface area contributed by atoms with Crippen LogP contribution in [0.4, 0.5) is 0 Å². The van der Waals surface area contributed by atoms with Crippen molar-refractivity contribution in [2.24, 2.45) is 0 Å². The zero-order chi connectivity index (χ0) is 24.2. The third kappa shape index (κ3) is 3.36. The van der Waals surface area contributed by atoms with Crippen LogP contribution in [0.2, 0.25) is 0 Å². The first kappa shape index (κ1) is 23.3. The molecule has 1 fully saturated rings. The molecule has 34 heavy (non-hydrogen) atoms. The van der Waals surface area contributed by atoms with Crippen molar-refractivity contribution in [3.63, 3.8) is 0 Å². The summed E-state index contributed by atoms with van der Waals surface area (Å²) < 4.78 is 22.6. The first-order chi connectivity index (χ1) is 16.3. The van der Waals surface area contributed by atoms with Crippen molar-refractivity contribution in [1.29, 1.82) is 0 Å². The molecule has 4 N–H and O–H groups in total. The second kappa shape index (κ2) is 8.63. The highest BCUT2D eigenvalue weighted by atomic mass is 16.7. The maximum Gasteiger partial charge on any atom is 0.247 e. The summed E-state index contributed by atoms with van der Waals surface area (Å²) in [6, 6.07) is 3.63. The number of ether oxygens (including phenoxy) is 4. The van der Waals surface area contributed by atoms with Gasteiger partial charge in [-0.05, 0) is 35.3 Å². The van der Waals surface area contributed by atoms with Crippen LogP contribution in [0.15, 0.2) is 35.9 Å². The maximum absolute atomic E-state index is 12.8. The van der Waals surface area contributed by atoms with Crippen molar-refractivity contribution in [3.8, 4) is 11.5 Å². The number of hydrogen-bond donors (Lipinski definition) is 4. The number of hydrogen-bond acceptors (Lipinski definition) is 9. The molecule has 0 bridgehead atoms. The van der Waals surface area contributed by atoms with E-state index in [1.54, 1.807) is 19.3 Å². The number of aliphatic hydroxyl groups is 4. The number of amides is 1. The third-order valence-corrected chi connectivity index (χ3v) is 7.30. The molecule has 10 nitrogen and oxygen atoms in total. The van der Waals surface area contributed by atoms with Gasteiger partial charge in [0, 0.05) is 26.2 Å². The molecule has 7 atom stereocenters. The van der Waals surface area contributed by atoms with Gasteiger partial charge < -0.3 is 44.3 Å². The number of rotatable bonds is 5. The van der Waals surface area contributed by atoms with E-state index < -0.39 is 42.9 Å². The van der Waals surface area contributed by atoms with E-state index in [1.807, 2.05) is 23.1 Å². The fourth-order valence-corrected chi connectivity index (χ4v) is 5.50. The molecule has 1 spiro atoms. The molecular weight excluding hydrogens is 446 g/mol. The fourth-order valence-electron chi connectivity index (χ4n) is 5.50. The summed E-state index contributed by atoms with van der Waals surface area (Å²) in [6.07, 6.45) is -0.434. The summed E-state index contributed by atoms with van der Waals surface area (Å²) in [4.78, 5) is 14.7. The van der Waals surface area contributed by atoms with Gasteiger partial charge in [-0.1, -0.05) is 12.2 Å². The molecule has 1 saturated heterocycles. The highest BCUT2D eigenvalue weighted by Gasteiger charge is 2.53. The molecule has 1 aromatic carbocycles. The Morgan fingerprint density at radius 3 is 2.65 bits per heavy atom. The van der Waals surface area contributed by atoms with Gasteiger partial charge >= 0.3 is 0 Å². The number of nitrogens with zero attached hydrogens (tertiary/aromatic N) is 1. The molecule has 0 aromatic heterocycles. The van der Waals surface area contributed by atoms with Gasteiger partial charge in [0.2, 0.25) is 12.2 Å². The number of fused-ring (bicyclic) bond motifs is 1. The fraction of sp³-hybridized carbons (Fsp3) is 0.542. The zero-order valence-electron chi connectivity index (χ0n) is 19.0. The summed E-state index contributed by atoms with van der Waals surface area (Å²) >= 11 is 0. The van der Waals surface area contributed by atoms with Crippen LogP contribution < -0.4 is 9.47 Å². The molecule has 1 aliphatic carbocycles. The number of methoxy groups -OCH3 is 2.